The maximum Gasteiger partial charge on any atom is 0.222 e. The summed E-state index contributed by atoms with van der Waals surface area (Å²) in [5.41, 5.74) is 2.23. The Morgan fingerprint density at radius 1 is 1.32 bits per heavy atom. The number of nitrogens with one attached hydrogen (secondary N) is 2. The van der Waals surface area contributed by atoms with Crippen LogP contribution in [0.25, 0.3) is 5.69 Å². The Hall–Kier alpha value is -2.10. The topological polar surface area (TPSA) is 74.6 Å². The highest BCUT2D eigenvalue weighted by atomic mass is 127. The van der Waals surface area contributed by atoms with Crippen molar-refractivity contribution < 1.29 is 4.79 Å². The SMILES string of the molecule is CCC(=O)N1CCC(NC(=NC)NCCc2cnn(-c3ccccc3)c2)C1.I. The molecule has 8 heteroatoms. The second-order valence-corrected chi connectivity index (χ2v) is 6.70. The van der Waals surface area contributed by atoms with Gasteiger partial charge >= 0.3 is 0 Å². The van der Waals surface area contributed by atoms with Crippen LogP contribution in [0, 0.1) is 0 Å². The highest BCUT2D eigenvalue weighted by molar-refractivity contribution is 14.0. The van der Waals surface area contributed by atoms with Crippen LogP contribution < -0.4 is 10.6 Å². The summed E-state index contributed by atoms with van der Waals surface area (Å²) in [7, 11) is 1.77. The number of halogens is 1. The third-order valence-corrected chi connectivity index (χ3v) is 4.77. The molecule has 1 fully saturated rings. The van der Waals surface area contributed by atoms with Gasteiger partial charge in [0.2, 0.25) is 5.91 Å². The van der Waals surface area contributed by atoms with E-state index in [1.54, 1.807) is 7.05 Å². The number of aliphatic imine (C=N–C) groups is 1. The summed E-state index contributed by atoms with van der Waals surface area (Å²) in [5.74, 6) is 0.999. The van der Waals surface area contributed by atoms with E-state index in [9.17, 15) is 4.79 Å². The molecule has 2 N–H and O–H groups in total. The largest absolute Gasteiger partial charge is 0.356 e. The number of hydrogen-bond donors (Lipinski definition) is 2. The molecule has 1 aromatic heterocycles. The van der Waals surface area contributed by atoms with Crippen LogP contribution in [0.15, 0.2) is 47.7 Å². The van der Waals surface area contributed by atoms with Crippen LogP contribution in [-0.4, -0.2) is 59.3 Å². The Balaban J connectivity index is 0.00000280. The van der Waals surface area contributed by atoms with Gasteiger partial charge in [0, 0.05) is 45.3 Å². The maximum absolute atomic E-state index is 11.8. The molecule has 1 saturated heterocycles. The second kappa shape index (κ2) is 11.0. The maximum atomic E-state index is 11.8. The lowest BCUT2D eigenvalue weighted by atomic mass is 10.2. The van der Waals surface area contributed by atoms with Crippen LogP contribution in [0.1, 0.15) is 25.3 Å². The van der Waals surface area contributed by atoms with E-state index >= 15 is 0 Å². The van der Waals surface area contributed by atoms with Crippen molar-refractivity contribution in [2.45, 2.75) is 32.2 Å². The van der Waals surface area contributed by atoms with Crippen LogP contribution in [0.2, 0.25) is 0 Å². The Kier molecular flexibility index (Phi) is 8.75. The van der Waals surface area contributed by atoms with Gasteiger partial charge in [-0.1, -0.05) is 25.1 Å². The third kappa shape index (κ3) is 5.95. The number of benzene rings is 1. The number of hydrogen-bond acceptors (Lipinski definition) is 3. The molecule has 1 aliphatic rings. The van der Waals surface area contributed by atoms with E-state index in [1.807, 2.05) is 53.0 Å². The Morgan fingerprint density at radius 2 is 2.11 bits per heavy atom. The number of guanidine groups is 1. The smallest absolute Gasteiger partial charge is 0.222 e. The van der Waals surface area contributed by atoms with Crippen LogP contribution in [0.3, 0.4) is 0 Å². The lowest BCUT2D eigenvalue weighted by molar-refractivity contribution is -0.129. The number of likely N-dealkylation sites (tertiary alicyclic amines) is 1. The van der Waals surface area contributed by atoms with E-state index in [-0.39, 0.29) is 35.9 Å². The van der Waals surface area contributed by atoms with Crippen molar-refractivity contribution in [3.8, 4) is 5.69 Å². The van der Waals surface area contributed by atoms with Gasteiger partial charge in [0.05, 0.1) is 11.9 Å². The lowest BCUT2D eigenvalue weighted by Crippen LogP contribution is -2.45. The van der Waals surface area contributed by atoms with Gasteiger partial charge in [0.1, 0.15) is 0 Å². The highest BCUT2D eigenvalue weighted by Crippen LogP contribution is 2.10. The van der Waals surface area contributed by atoms with Crippen LogP contribution in [0.5, 0.6) is 0 Å². The molecule has 2 heterocycles. The fraction of sp³-hybridized carbons (Fsp3) is 0.450. The summed E-state index contributed by atoms with van der Waals surface area (Å²) in [4.78, 5) is 18.0. The summed E-state index contributed by atoms with van der Waals surface area (Å²) < 4.78 is 1.89. The molecule has 28 heavy (non-hydrogen) atoms. The van der Waals surface area contributed by atoms with Crippen molar-refractivity contribution >= 4 is 35.8 Å². The Bertz CT molecular complexity index is 776. The number of amides is 1. The molecule has 0 radical (unpaired) electrons. The van der Waals surface area contributed by atoms with Crippen LogP contribution in [0.4, 0.5) is 0 Å². The Labute approximate surface area is 183 Å². The summed E-state index contributed by atoms with van der Waals surface area (Å²) in [6, 6.07) is 10.3. The van der Waals surface area contributed by atoms with Crippen molar-refractivity contribution in [3.63, 3.8) is 0 Å². The standard InChI is InChI=1S/C20H28N6O.HI/c1-3-19(27)25-12-10-17(15-25)24-20(21-2)22-11-9-16-13-23-26(14-16)18-7-5-4-6-8-18;/h4-8,13-14,17H,3,9-12,15H2,1-2H3,(H2,21,22,24);1H. The first kappa shape index (κ1) is 22.2. The summed E-state index contributed by atoms with van der Waals surface area (Å²) >= 11 is 0. The number of para-hydroxylation sites is 1. The molecule has 0 bridgehead atoms. The van der Waals surface area contributed by atoms with Gasteiger partial charge in [-0.05, 0) is 30.5 Å². The fourth-order valence-corrected chi connectivity index (χ4v) is 3.25. The molecule has 1 amide bonds. The van der Waals surface area contributed by atoms with Crippen LogP contribution in [-0.2, 0) is 11.2 Å². The molecule has 1 aromatic carbocycles. The summed E-state index contributed by atoms with van der Waals surface area (Å²) in [5, 5.41) is 11.2. The molecule has 7 nitrogen and oxygen atoms in total. The molecule has 1 atom stereocenters. The van der Waals surface area contributed by atoms with Gasteiger partial charge in [-0.25, -0.2) is 4.68 Å². The zero-order chi connectivity index (χ0) is 19.1. The molecule has 2 aromatic rings. The molecule has 152 valence electrons. The zero-order valence-corrected chi connectivity index (χ0v) is 18.8. The first-order valence-electron chi connectivity index (χ1n) is 9.53. The normalized spacial score (nSPS) is 16.6. The number of aromatic nitrogens is 2. The van der Waals surface area contributed by atoms with E-state index in [0.29, 0.717) is 6.42 Å². The van der Waals surface area contributed by atoms with Gasteiger partial charge in [-0.3, -0.25) is 9.79 Å². The van der Waals surface area contributed by atoms with Gasteiger partial charge in [0.15, 0.2) is 5.96 Å². The van der Waals surface area contributed by atoms with Crippen LogP contribution >= 0.6 is 24.0 Å². The molecular formula is C20H29IN6O. The van der Waals surface area contributed by atoms with E-state index in [4.69, 9.17) is 0 Å². The summed E-state index contributed by atoms with van der Waals surface area (Å²) in [6.45, 7) is 4.24. The zero-order valence-electron chi connectivity index (χ0n) is 16.5. The van der Waals surface area contributed by atoms with E-state index < -0.39 is 0 Å². The van der Waals surface area contributed by atoms with Gasteiger partial charge in [-0.15, -0.1) is 24.0 Å². The average Bonchev–Trinajstić information content (AvgIpc) is 3.37. The molecule has 0 aliphatic carbocycles. The minimum atomic E-state index is 0. The van der Waals surface area contributed by atoms with Gasteiger partial charge in [0.25, 0.3) is 0 Å². The fourth-order valence-electron chi connectivity index (χ4n) is 3.25. The van der Waals surface area contributed by atoms with Crippen molar-refractivity contribution in [1.29, 1.82) is 0 Å². The number of carbonyl (C=O) groups is 1. The van der Waals surface area contributed by atoms with Crippen molar-refractivity contribution in [3.05, 3.63) is 48.3 Å². The predicted molar refractivity (Wildman–Crippen MR) is 122 cm³/mol. The highest BCUT2D eigenvalue weighted by Gasteiger charge is 2.25. The minimum absolute atomic E-state index is 0. The molecule has 3 rings (SSSR count). The molecule has 0 saturated carbocycles. The number of carbonyl (C=O) groups excluding carboxylic acids is 1. The third-order valence-electron chi connectivity index (χ3n) is 4.77. The second-order valence-electron chi connectivity index (χ2n) is 6.70. The lowest BCUT2D eigenvalue weighted by Gasteiger charge is -2.18. The van der Waals surface area contributed by atoms with E-state index in [2.05, 4.69) is 26.9 Å². The van der Waals surface area contributed by atoms with Crippen molar-refractivity contribution in [2.75, 3.05) is 26.7 Å². The summed E-state index contributed by atoms with van der Waals surface area (Å²) in [6.07, 6.45) is 6.33. The average molecular weight is 496 g/mol. The molecule has 1 aliphatic heterocycles. The predicted octanol–water partition coefficient (Wildman–Crippen LogP) is 2.21. The molecule has 1 unspecified atom stereocenters. The van der Waals surface area contributed by atoms with E-state index in [0.717, 1.165) is 44.1 Å². The van der Waals surface area contributed by atoms with Crippen molar-refractivity contribution in [2.24, 2.45) is 4.99 Å². The first-order chi connectivity index (χ1) is 13.2. The first-order valence-corrected chi connectivity index (χ1v) is 9.53. The van der Waals surface area contributed by atoms with Gasteiger partial charge < -0.3 is 15.5 Å². The molecular weight excluding hydrogens is 467 g/mol. The van der Waals surface area contributed by atoms with Crippen molar-refractivity contribution in [1.82, 2.24) is 25.3 Å². The van der Waals surface area contributed by atoms with E-state index in [1.165, 1.54) is 5.56 Å². The number of nitrogens with zero attached hydrogens (tertiary/aromatic N) is 4. The molecule has 0 spiro atoms. The number of rotatable bonds is 6. The minimum Gasteiger partial charge on any atom is -0.356 e. The quantitative estimate of drug-likeness (QED) is 0.366. The monoisotopic (exact) mass is 496 g/mol. The van der Waals surface area contributed by atoms with Gasteiger partial charge in [-0.2, -0.15) is 5.10 Å². The Morgan fingerprint density at radius 3 is 2.82 bits per heavy atom.